The number of carboxylic acids is 1. The molecule has 2 amide bonds. The molecule has 1 aliphatic rings. The fraction of sp³-hybridized carbons (Fsp3) is 0.400. The van der Waals surface area contributed by atoms with Gasteiger partial charge in [0.1, 0.15) is 11.9 Å². The zero-order valence-electron chi connectivity index (χ0n) is 18.2. The van der Waals surface area contributed by atoms with Gasteiger partial charge in [-0.15, -0.1) is 0 Å². The van der Waals surface area contributed by atoms with Gasteiger partial charge in [-0.05, 0) is 56.0 Å². The molecule has 0 saturated heterocycles. The van der Waals surface area contributed by atoms with E-state index in [9.17, 15) is 18.8 Å². The summed E-state index contributed by atoms with van der Waals surface area (Å²) < 4.78 is 13.6. The maximum absolute atomic E-state index is 13.6. The number of carboxylic acid groups (broad SMARTS) is 1. The molecule has 170 valence electrons. The molecule has 2 aromatic rings. The first kappa shape index (κ1) is 23.4. The van der Waals surface area contributed by atoms with E-state index in [2.05, 4.69) is 5.32 Å². The topological polar surface area (TPSA) is 86.7 Å². The van der Waals surface area contributed by atoms with Gasteiger partial charge in [0.25, 0.3) is 0 Å². The van der Waals surface area contributed by atoms with Crippen molar-refractivity contribution in [1.82, 2.24) is 5.32 Å². The van der Waals surface area contributed by atoms with Gasteiger partial charge < -0.3 is 10.4 Å². The summed E-state index contributed by atoms with van der Waals surface area (Å²) in [6.45, 7) is 1.92. The Kier molecular flexibility index (Phi) is 7.98. The Morgan fingerprint density at radius 2 is 1.66 bits per heavy atom. The Morgan fingerprint density at radius 3 is 2.25 bits per heavy atom. The number of halogens is 1. The van der Waals surface area contributed by atoms with Crippen LogP contribution >= 0.6 is 0 Å². The maximum atomic E-state index is 13.6. The minimum Gasteiger partial charge on any atom is -0.481 e. The lowest BCUT2D eigenvalue weighted by Crippen LogP contribution is -2.46. The molecule has 32 heavy (non-hydrogen) atoms. The van der Waals surface area contributed by atoms with Gasteiger partial charge in [-0.2, -0.15) is 0 Å². The van der Waals surface area contributed by atoms with Crippen molar-refractivity contribution in [3.63, 3.8) is 0 Å². The Labute approximate surface area is 187 Å². The SMILES string of the molecule is Cc1ccc(N(C(=O)CCCC(=O)O)C(C(=O)NC2CCCC2)c2ccc(F)cc2)cc1. The molecule has 2 N–H and O–H groups in total. The van der Waals surface area contributed by atoms with Gasteiger partial charge in [-0.25, -0.2) is 4.39 Å². The van der Waals surface area contributed by atoms with Gasteiger partial charge in [0.15, 0.2) is 0 Å². The summed E-state index contributed by atoms with van der Waals surface area (Å²) in [5.41, 5.74) is 2.03. The van der Waals surface area contributed by atoms with Crippen LogP contribution in [0.4, 0.5) is 10.1 Å². The molecule has 0 heterocycles. The van der Waals surface area contributed by atoms with Crippen LogP contribution in [0, 0.1) is 12.7 Å². The van der Waals surface area contributed by atoms with Gasteiger partial charge in [0.2, 0.25) is 11.8 Å². The standard InChI is InChI=1S/C25H29FN2O4/c1-17-9-15-21(16-10-17)28(22(29)7-4-8-23(30)31)24(18-11-13-19(26)14-12-18)25(32)27-20-5-2-3-6-20/h9-16,20,24H,2-8H2,1H3,(H,27,32)(H,30,31). The minimum absolute atomic E-state index is 0.0193. The maximum Gasteiger partial charge on any atom is 0.303 e. The van der Waals surface area contributed by atoms with Crippen molar-refractivity contribution in [2.75, 3.05) is 4.90 Å². The molecule has 0 aliphatic heterocycles. The van der Waals surface area contributed by atoms with E-state index in [1.54, 1.807) is 12.1 Å². The predicted octanol–water partition coefficient (Wildman–Crippen LogP) is 4.52. The molecular weight excluding hydrogens is 411 g/mol. The monoisotopic (exact) mass is 440 g/mol. The van der Waals surface area contributed by atoms with Gasteiger partial charge in [0, 0.05) is 24.6 Å². The fourth-order valence-corrected chi connectivity index (χ4v) is 4.07. The molecule has 0 bridgehead atoms. The highest BCUT2D eigenvalue weighted by molar-refractivity contribution is 6.01. The third kappa shape index (κ3) is 6.15. The van der Waals surface area contributed by atoms with Crippen LogP contribution in [0.2, 0.25) is 0 Å². The number of anilines is 1. The number of benzene rings is 2. The van der Waals surface area contributed by atoms with E-state index in [1.165, 1.54) is 29.2 Å². The fourth-order valence-electron chi connectivity index (χ4n) is 4.07. The van der Waals surface area contributed by atoms with E-state index >= 15 is 0 Å². The quantitative estimate of drug-likeness (QED) is 0.600. The number of aryl methyl sites for hydroxylation is 1. The second kappa shape index (κ2) is 10.9. The van der Waals surface area contributed by atoms with Crippen LogP contribution in [-0.4, -0.2) is 28.9 Å². The summed E-state index contributed by atoms with van der Waals surface area (Å²) in [6.07, 6.45) is 3.87. The lowest BCUT2D eigenvalue weighted by molar-refractivity contribution is -0.137. The van der Waals surface area contributed by atoms with Crippen LogP contribution < -0.4 is 10.2 Å². The van der Waals surface area contributed by atoms with Crippen LogP contribution in [0.25, 0.3) is 0 Å². The number of carbonyl (C=O) groups is 3. The van der Waals surface area contributed by atoms with Crippen molar-refractivity contribution in [2.45, 2.75) is 64.0 Å². The highest BCUT2D eigenvalue weighted by Crippen LogP contribution is 2.30. The lowest BCUT2D eigenvalue weighted by Gasteiger charge is -2.32. The molecule has 0 aromatic heterocycles. The molecule has 6 nitrogen and oxygen atoms in total. The summed E-state index contributed by atoms with van der Waals surface area (Å²) in [5, 5.41) is 12.0. The number of hydrogen-bond donors (Lipinski definition) is 2. The molecule has 2 aromatic carbocycles. The van der Waals surface area contributed by atoms with E-state index in [1.807, 2.05) is 19.1 Å². The van der Waals surface area contributed by atoms with Crippen LogP contribution in [-0.2, 0) is 14.4 Å². The number of nitrogens with one attached hydrogen (secondary N) is 1. The molecule has 1 saturated carbocycles. The summed E-state index contributed by atoms with van der Waals surface area (Å²) in [6, 6.07) is 11.9. The van der Waals surface area contributed by atoms with Crippen molar-refractivity contribution in [3.05, 3.63) is 65.5 Å². The van der Waals surface area contributed by atoms with Crippen molar-refractivity contribution < 1.29 is 23.9 Å². The summed E-state index contributed by atoms with van der Waals surface area (Å²) in [4.78, 5) is 39.1. The summed E-state index contributed by atoms with van der Waals surface area (Å²) in [7, 11) is 0. The number of rotatable bonds is 9. The molecule has 3 rings (SSSR count). The minimum atomic E-state index is -0.990. The van der Waals surface area contributed by atoms with Crippen LogP contribution in [0.3, 0.4) is 0 Å². The van der Waals surface area contributed by atoms with E-state index in [0.29, 0.717) is 11.3 Å². The van der Waals surface area contributed by atoms with Crippen molar-refractivity contribution >= 4 is 23.5 Å². The lowest BCUT2D eigenvalue weighted by atomic mass is 10.0. The third-order valence-corrected chi connectivity index (χ3v) is 5.76. The number of amides is 2. The summed E-state index contributed by atoms with van der Waals surface area (Å²) >= 11 is 0. The first-order valence-electron chi connectivity index (χ1n) is 11.0. The van der Waals surface area contributed by atoms with Crippen LogP contribution in [0.1, 0.15) is 62.1 Å². The largest absolute Gasteiger partial charge is 0.481 e. The number of nitrogens with zero attached hydrogens (tertiary/aromatic N) is 1. The molecule has 1 unspecified atom stereocenters. The highest BCUT2D eigenvalue weighted by Gasteiger charge is 2.34. The van der Waals surface area contributed by atoms with E-state index in [-0.39, 0.29) is 37.1 Å². The first-order valence-corrected chi connectivity index (χ1v) is 11.0. The average molecular weight is 441 g/mol. The molecule has 7 heteroatoms. The van der Waals surface area contributed by atoms with E-state index in [4.69, 9.17) is 5.11 Å². The summed E-state index contributed by atoms with van der Waals surface area (Å²) in [5.74, 6) is -2.09. The molecule has 0 spiro atoms. The first-order chi connectivity index (χ1) is 15.3. The third-order valence-electron chi connectivity index (χ3n) is 5.76. The van der Waals surface area contributed by atoms with Gasteiger partial charge in [0.05, 0.1) is 0 Å². The molecule has 1 fully saturated rings. The van der Waals surface area contributed by atoms with Gasteiger partial charge >= 0.3 is 5.97 Å². The predicted molar refractivity (Wildman–Crippen MR) is 120 cm³/mol. The van der Waals surface area contributed by atoms with Crippen LogP contribution in [0.15, 0.2) is 48.5 Å². The molecular formula is C25H29FN2O4. The van der Waals surface area contributed by atoms with E-state index < -0.39 is 17.8 Å². The van der Waals surface area contributed by atoms with Gasteiger partial charge in [-0.1, -0.05) is 42.7 Å². The normalized spacial score (nSPS) is 14.7. The second-order valence-corrected chi connectivity index (χ2v) is 8.29. The molecule has 1 aliphatic carbocycles. The van der Waals surface area contributed by atoms with Crippen LogP contribution in [0.5, 0.6) is 0 Å². The Balaban J connectivity index is 1.98. The van der Waals surface area contributed by atoms with Gasteiger partial charge in [-0.3, -0.25) is 19.3 Å². The average Bonchev–Trinajstić information content (AvgIpc) is 3.26. The Hall–Kier alpha value is -3.22. The highest BCUT2D eigenvalue weighted by atomic mass is 19.1. The Morgan fingerprint density at radius 1 is 1.03 bits per heavy atom. The smallest absolute Gasteiger partial charge is 0.303 e. The number of carbonyl (C=O) groups excluding carboxylic acids is 2. The zero-order valence-corrected chi connectivity index (χ0v) is 18.2. The molecule has 0 radical (unpaired) electrons. The zero-order chi connectivity index (χ0) is 23.1. The van der Waals surface area contributed by atoms with E-state index in [0.717, 1.165) is 31.2 Å². The molecule has 1 atom stereocenters. The van der Waals surface area contributed by atoms with Crippen molar-refractivity contribution in [3.8, 4) is 0 Å². The Bertz CT molecular complexity index is 937. The number of hydrogen-bond acceptors (Lipinski definition) is 3. The van der Waals surface area contributed by atoms with Crippen molar-refractivity contribution in [2.24, 2.45) is 0 Å². The van der Waals surface area contributed by atoms with Crippen molar-refractivity contribution in [1.29, 1.82) is 0 Å². The number of aliphatic carboxylic acids is 1. The second-order valence-electron chi connectivity index (χ2n) is 8.29.